The van der Waals surface area contributed by atoms with Crippen LogP contribution in [0.1, 0.15) is 24.5 Å². The van der Waals surface area contributed by atoms with Crippen molar-refractivity contribution in [3.63, 3.8) is 0 Å². The molecule has 1 unspecified atom stereocenters. The lowest BCUT2D eigenvalue weighted by molar-refractivity contribution is 0.404. The van der Waals surface area contributed by atoms with E-state index in [0.717, 1.165) is 18.4 Å². The van der Waals surface area contributed by atoms with Gasteiger partial charge in [0.2, 0.25) is 0 Å². The van der Waals surface area contributed by atoms with Crippen LogP contribution < -0.4 is 5.73 Å². The first-order valence-electron chi connectivity index (χ1n) is 6.79. The van der Waals surface area contributed by atoms with E-state index in [1.165, 1.54) is 11.6 Å². The van der Waals surface area contributed by atoms with Crippen LogP contribution in [0.5, 0.6) is 0 Å². The monoisotopic (exact) mass is 291 g/mol. The molecule has 0 amide bonds. The Kier molecular flexibility index (Phi) is 4.79. The Balaban J connectivity index is 2.16. The van der Waals surface area contributed by atoms with Crippen LogP contribution in [0.2, 0.25) is 5.02 Å². The number of hydrogen-bond acceptors (Lipinski definition) is 1. The van der Waals surface area contributed by atoms with Crippen LogP contribution in [0, 0.1) is 5.82 Å². The van der Waals surface area contributed by atoms with E-state index in [-0.39, 0.29) is 10.6 Å². The molecule has 0 aliphatic heterocycles. The highest BCUT2D eigenvalue weighted by Gasteiger charge is 2.24. The van der Waals surface area contributed by atoms with E-state index in [9.17, 15) is 4.39 Å². The van der Waals surface area contributed by atoms with Gasteiger partial charge in [-0.1, -0.05) is 54.9 Å². The van der Waals surface area contributed by atoms with E-state index >= 15 is 0 Å². The SMILES string of the molecule is CCC(N)(Cc1ccccc1)Cc1ccc(F)c(Cl)c1. The summed E-state index contributed by atoms with van der Waals surface area (Å²) in [6.45, 7) is 2.08. The van der Waals surface area contributed by atoms with Gasteiger partial charge in [0.15, 0.2) is 0 Å². The summed E-state index contributed by atoms with van der Waals surface area (Å²) in [5.74, 6) is -0.391. The lowest BCUT2D eigenvalue weighted by atomic mass is 9.83. The molecule has 20 heavy (non-hydrogen) atoms. The average molecular weight is 292 g/mol. The van der Waals surface area contributed by atoms with Gasteiger partial charge in [-0.25, -0.2) is 4.39 Å². The smallest absolute Gasteiger partial charge is 0.141 e. The molecule has 0 aliphatic rings. The minimum atomic E-state index is -0.391. The molecule has 0 aliphatic carbocycles. The molecule has 0 spiro atoms. The summed E-state index contributed by atoms with van der Waals surface area (Å²) in [6.07, 6.45) is 2.31. The Bertz CT molecular complexity index is 570. The normalized spacial score (nSPS) is 14.0. The predicted octanol–water partition coefficient (Wildman–Crippen LogP) is 4.37. The summed E-state index contributed by atoms with van der Waals surface area (Å²) in [4.78, 5) is 0. The average Bonchev–Trinajstić information content (AvgIpc) is 2.44. The first-order valence-corrected chi connectivity index (χ1v) is 7.17. The molecule has 0 fully saturated rings. The van der Waals surface area contributed by atoms with E-state index in [1.54, 1.807) is 12.1 Å². The van der Waals surface area contributed by atoms with Gasteiger partial charge in [-0.15, -0.1) is 0 Å². The van der Waals surface area contributed by atoms with Crippen molar-refractivity contribution in [2.24, 2.45) is 5.73 Å². The minimum absolute atomic E-state index is 0.153. The van der Waals surface area contributed by atoms with E-state index in [4.69, 9.17) is 17.3 Å². The molecule has 106 valence electrons. The fourth-order valence-electron chi connectivity index (χ4n) is 2.37. The Morgan fingerprint density at radius 2 is 1.70 bits per heavy atom. The Labute approximate surface area is 124 Å². The van der Waals surface area contributed by atoms with Crippen molar-refractivity contribution in [1.29, 1.82) is 0 Å². The molecule has 0 heterocycles. The van der Waals surface area contributed by atoms with Crippen molar-refractivity contribution >= 4 is 11.6 Å². The fourth-order valence-corrected chi connectivity index (χ4v) is 2.57. The van der Waals surface area contributed by atoms with Crippen LogP contribution in [0.3, 0.4) is 0 Å². The van der Waals surface area contributed by atoms with Crippen LogP contribution in [0.4, 0.5) is 4.39 Å². The second-order valence-corrected chi connectivity index (χ2v) is 5.71. The van der Waals surface area contributed by atoms with E-state index in [0.29, 0.717) is 6.42 Å². The largest absolute Gasteiger partial charge is 0.325 e. The zero-order valence-corrected chi connectivity index (χ0v) is 12.3. The quantitative estimate of drug-likeness (QED) is 0.869. The molecule has 2 N–H and O–H groups in total. The maximum Gasteiger partial charge on any atom is 0.141 e. The summed E-state index contributed by atoms with van der Waals surface area (Å²) >= 11 is 5.83. The van der Waals surface area contributed by atoms with Gasteiger partial charge in [0.05, 0.1) is 5.02 Å². The van der Waals surface area contributed by atoms with E-state index in [1.807, 2.05) is 18.2 Å². The maximum absolute atomic E-state index is 13.2. The summed E-state index contributed by atoms with van der Waals surface area (Å²) in [6, 6.07) is 15.0. The Morgan fingerprint density at radius 3 is 2.30 bits per heavy atom. The third-order valence-corrected chi connectivity index (χ3v) is 3.93. The van der Waals surface area contributed by atoms with Gasteiger partial charge in [-0.3, -0.25) is 0 Å². The van der Waals surface area contributed by atoms with Gasteiger partial charge in [0.1, 0.15) is 5.82 Å². The molecule has 2 aromatic carbocycles. The Morgan fingerprint density at radius 1 is 1.05 bits per heavy atom. The molecule has 2 rings (SSSR count). The summed E-state index contributed by atoms with van der Waals surface area (Å²) in [5, 5.41) is 0.153. The van der Waals surface area contributed by atoms with Crippen molar-refractivity contribution in [3.8, 4) is 0 Å². The van der Waals surface area contributed by atoms with Gasteiger partial charge in [-0.05, 0) is 42.5 Å². The maximum atomic E-state index is 13.2. The molecule has 0 bridgehead atoms. The standard InChI is InChI=1S/C17H19ClFN/c1-2-17(20,11-13-6-4-3-5-7-13)12-14-8-9-16(19)15(18)10-14/h3-10H,2,11-12,20H2,1H3. The lowest BCUT2D eigenvalue weighted by Crippen LogP contribution is -2.43. The predicted molar refractivity (Wildman–Crippen MR) is 82.5 cm³/mol. The molecule has 0 aromatic heterocycles. The van der Waals surface area contributed by atoms with Crippen molar-refractivity contribution in [2.75, 3.05) is 0 Å². The van der Waals surface area contributed by atoms with Crippen molar-refractivity contribution in [3.05, 3.63) is 70.5 Å². The van der Waals surface area contributed by atoms with Gasteiger partial charge >= 0.3 is 0 Å². The van der Waals surface area contributed by atoms with Gasteiger partial charge in [0.25, 0.3) is 0 Å². The number of nitrogens with two attached hydrogens (primary N) is 1. The van der Waals surface area contributed by atoms with Crippen LogP contribution in [-0.2, 0) is 12.8 Å². The van der Waals surface area contributed by atoms with Crippen molar-refractivity contribution in [2.45, 2.75) is 31.7 Å². The Hall–Kier alpha value is -1.38. The second kappa shape index (κ2) is 6.38. The first-order chi connectivity index (χ1) is 9.52. The first kappa shape index (κ1) is 15.0. The van der Waals surface area contributed by atoms with Crippen LogP contribution in [0.15, 0.2) is 48.5 Å². The van der Waals surface area contributed by atoms with Gasteiger partial charge in [0, 0.05) is 5.54 Å². The zero-order chi connectivity index (χ0) is 14.6. The van der Waals surface area contributed by atoms with Crippen molar-refractivity contribution < 1.29 is 4.39 Å². The van der Waals surface area contributed by atoms with Crippen LogP contribution in [-0.4, -0.2) is 5.54 Å². The molecule has 3 heteroatoms. The molecular formula is C17H19ClFN. The third-order valence-electron chi connectivity index (χ3n) is 3.64. The molecule has 0 radical (unpaired) electrons. The van der Waals surface area contributed by atoms with Gasteiger partial charge in [-0.2, -0.15) is 0 Å². The highest BCUT2D eigenvalue weighted by molar-refractivity contribution is 6.30. The van der Waals surface area contributed by atoms with Crippen LogP contribution >= 0.6 is 11.6 Å². The molecule has 1 nitrogen and oxygen atoms in total. The van der Waals surface area contributed by atoms with Crippen molar-refractivity contribution in [1.82, 2.24) is 0 Å². The molecule has 0 saturated heterocycles. The summed E-state index contributed by atoms with van der Waals surface area (Å²) < 4.78 is 13.2. The van der Waals surface area contributed by atoms with E-state index in [2.05, 4.69) is 19.1 Å². The zero-order valence-electron chi connectivity index (χ0n) is 11.6. The fraction of sp³-hybridized carbons (Fsp3) is 0.294. The van der Waals surface area contributed by atoms with Crippen LogP contribution in [0.25, 0.3) is 0 Å². The third kappa shape index (κ3) is 3.81. The molecular weight excluding hydrogens is 273 g/mol. The number of rotatable bonds is 5. The minimum Gasteiger partial charge on any atom is -0.325 e. The number of benzene rings is 2. The molecule has 0 saturated carbocycles. The topological polar surface area (TPSA) is 26.0 Å². The molecule has 1 atom stereocenters. The number of hydrogen-bond donors (Lipinski definition) is 1. The summed E-state index contributed by atoms with van der Waals surface area (Å²) in [5.41, 5.74) is 8.35. The molecule has 2 aromatic rings. The number of halogens is 2. The van der Waals surface area contributed by atoms with Gasteiger partial charge < -0.3 is 5.73 Å². The lowest BCUT2D eigenvalue weighted by Gasteiger charge is -2.28. The van der Waals surface area contributed by atoms with E-state index < -0.39 is 5.82 Å². The second-order valence-electron chi connectivity index (χ2n) is 5.30. The summed E-state index contributed by atoms with van der Waals surface area (Å²) in [7, 11) is 0. The highest BCUT2D eigenvalue weighted by Crippen LogP contribution is 2.23. The highest BCUT2D eigenvalue weighted by atomic mass is 35.5.